The second-order valence-corrected chi connectivity index (χ2v) is 6.80. The Labute approximate surface area is 112 Å². The van der Waals surface area contributed by atoms with Crippen LogP contribution >= 0.6 is 0 Å². The summed E-state index contributed by atoms with van der Waals surface area (Å²) in [5, 5.41) is 19.4. The SMILES string of the molecule is O=CN(C=O)[C@@H](C(O)O)C12CC3CC(CC(C3)C1)C2. The van der Waals surface area contributed by atoms with Crippen LogP contribution < -0.4 is 0 Å². The zero-order chi connectivity index (χ0) is 13.6. The maximum atomic E-state index is 11.0. The normalized spacial score (nSPS) is 41.3. The summed E-state index contributed by atoms with van der Waals surface area (Å²) in [6, 6.07) is -0.782. The van der Waals surface area contributed by atoms with E-state index in [-0.39, 0.29) is 5.41 Å². The summed E-state index contributed by atoms with van der Waals surface area (Å²) in [4.78, 5) is 23.0. The van der Waals surface area contributed by atoms with Gasteiger partial charge in [-0.25, -0.2) is 0 Å². The van der Waals surface area contributed by atoms with Crippen LogP contribution in [0, 0.1) is 23.2 Å². The number of amides is 2. The summed E-state index contributed by atoms with van der Waals surface area (Å²) in [6.45, 7) is 0. The highest BCUT2D eigenvalue weighted by molar-refractivity contribution is 5.69. The molecule has 4 rings (SSSR count). The Hall–Kier alpha value is -0.940. The zero-order valence-corrected chi connectivity index (χ0v) is 10.9. The molecule has 0 unspecified atom stereocenters. The molecule has 4 aliphatic rings. The molecule has 0 radical (unpaired) electrons. The molecule has 106 valence electrons. The fraction of sp³-hybridized carbons (Fsp3) is 0.857. The van der Waals surface area contributed by atoms with E-state index in [0.717, 1.165) is 24.2 Å². The third-order valence-corrected chi connectivity index (χ3v) is 5.56. The predicted octanol–water partition coefficient (Wildman–Crippen LogP) is 0.497. The minimum atomic E-state index is -1.65. The van der Waals surface area contributed by atoms with E-state index in [1.54, 1.807) is 0 Å². The van der Waals surface area contributed by atoms with Crippen LogP contribution in [-0.2, 0) is 9.59 Å². The molecule has 2 amide bonds. The van der Waals surface area contributed by atoms with Crippen molar-refractivity contribution < 1.29 is 19.8 Å². The van der Waals surface area contributed by atoms with E-state index in [4.69, 9.17) is 0 Å². The minimum Gasteiger partial charge on any atom is -0.366 e. The van der Waals surface area contributed by atoms with Crippen molar-refractivity contribution in [2.24, 2.45) is 23.2 Å². The van der Waals surface area contributed by atoms with Crippen LogP contribution in [0.2, 0.25) is 0 Å². The lowest BCUT2D eigenvalue weighted by atomic mass is 9.47. The molecule has 0 heterocycles. The third kappa shape index (κ3) is 1.99. The van der Waals surface area contributed by atoms with Gasteiger partial charge in [-0.05, 0) is 61.7 Å². The topological polar surface area (TPSA) is 77.8 Å². The second kappa shape index (κ2) is 4.56. The quantitative estimate of drug-likeness (QED) is 0.561. The maximum Gasteiger partial charge on any atom is 0.216 e. The Bertz CT molecular complexity index is 338. The molecule has 1 atom stereocenters. The van der Waals surface area contributed by atoms with E-state index >= 15 is 0 Å². The lowest BCUT2D eigenvalue weighted by Crippen LogP contribution is -2.60. The van der Waals surface area contributed by atoms with E-state index in [1.165, 1.54) is 19.3 Å². The fourth-order valence-electron chi connectivity index (χ4n) is 5.48. The van der Waals surface area contributed by atoms with Crippen LogP contribution in [-0.4, -0.2) is 40.3 Å². The van der Waals surface area contributed by atoms with E-state index < -0.39 is 12.3 Å². The highest BCUT2D eigenvalue weighted by Gasteiger charge is 2.57. The van der Waals surface area contributed by atoms with Gasteiger partial charge in [0.15, 0.2) is 6.29 Å². The van der Waals surface area contributed by atoms with Crippen LogP contribution in [0.3, 0.4) is 0 Å². The van der Waals surface area contributed by atoms with Gasteiger partial charge in [0.2, 0.25) is 12.8 Å². The van der Waals surface area contributed by atoms with Crippen LogP contribution in [0.4, 0.5) is 0 Å². The number of rotatable bonds is 5. The zero-order valence-electron chi connectivity index (χ0n) is 10.9. The number of aliphatic hydroxyl groups excluding tert-OH is 1. The lowest BCUT2D eigenvalue weighted by Gasteiger charge is -2.60. The molecule has 0 aromatic carbocycles. The Balaban J connectivity index is 1.93. The number of carbonyl (C=O) groups excluding carboxylic acids is 2. The Morgan fingerprint density at radius 3 is 1.68 bits per heavy atom. The Kier molecular flexibility index (Phi) is 3.14. The van der Waals surface area contributed by atoms with Crippen molar-refractivity contribution in [1.29, 1.82) is 0 Å². The largest absolute Gasteiger partial charge is 0.366 e. The van der Waals surface area contributed by atoms with E-state index in [9.17, 15) is 19.8 Å². The summed E-state index contributed by atoms with van der Waals surface area (Å²) >= 11 is 0. The molecule has 4 aliphatic carbocycles. The van der Waals surface area contributed by atoms with Crippen LogP contribution in [0.15, 0.2) is 0 Å². The first-order valence-electron chi connectivity index (χ1n) is 7.12. The summed E-state index contributed by atoms with van der Waals surface area (Å²) in [5.41, 5.74) is -0.273. The van der Waals surface area contributed by atoms with Gasteiger partial charge in [-0.2, -0.15) is 0 Å². The van der Waals surface area contributed by atoms with Gasteiger partial charge in [0.1, 0.15) is 0 Å². The molecule has 5 nitrogen and oxygen atoms in total. The number of aliphatic hydroxyl groups is 2. The first-order chi connectivity index (χ1) is 9.08. The highest BCUT2D eigenvalue weighted by Crippen LogP contribution is 2.62. The van der Waals surface area contributed by atoms with Crippen molar-refractivity contribution in [2.75, 3.05) is 0 Å². The third-order valence-electron chi connectivity index (χ3n) is 5.56. The van der Waals surface area contributed by atoms with E-state index in [0.29, 0.717) is 30.6 Å². The summed E-state index contributed by atoms with van der Waals surface area (Å²) in [7, 11) is 0. The minimum absolute atomic E-state index is 0.273. The van der Waals surface area contributed by atoms with Gasteiger partial charge >= 0.3 is 0 Å². The molecule has 19 heavy (non-hydrogen) atoms. The van der Waals surface area contributed by atoms with Gasteiger partial charge in [0.25, 0.3) is 0 Å². The van der Waals surface area contributed by atoms with Crippen molar-refractivity contribution >= 4 is 12.8 Å². The van der Waals surface area contributed by atoms with Crippen molar-refractivity contribution in [3.8, 4) is 0 Å². The molecular weight excluding hydrogens is 246 g/mol. The fourth-order valence-corrected chi connectivity index (χ4v) is 5.48. The predicted molar refractivity (Wildman–Crippen MR) is 66.6 cm³/mol. The maximum absolute atomic E-state index is 11.0. The Morgan fingerprint density at radius 2 is 1.37 bits per heavy atom. The second-order valence-electron chi connectivity index (χ2n) is 6.80. The highest BCUT2D eigenvalue weighted by atomic mass is 16.5. The smallest absolute Gasteiger partial charge is 0.216 e. The number of nitrogens with zero attached hydrogens (tertiary/aromatic N) is 1. The lowest BCUT2D eigenvalue weighted by molar-refractivity contribution is -0.186. The summed E-state index contributed by atoms with van der Waals surface area (Å²) in [5.74, 6) is 1.90. The van der Waals surface area contributed by atoms with Gasteiger partial charge < -0.3 is 10.2 Å². The van der Waals surface area contributed by atoms with Crippen LogP contribution in [0.5, 0.6) is 0 Å². The van der Waals surface area contributed by atoms with Crippen molar-refractivity contribution in [2.45, 2.75) is 50.9 Å². The molecule has 4 fully saturated rings. The molecule has 0 aromatic heterocycles. The molecular formula is C14H21NO4. The van der Waals surface area contributed by atoms with Gasteiger partial charge in [0, 0.05) is 0 Å². The summed E-state index contributed by atoms with van der Waals surface area (Å²) < 4.78 is 0. The van der Waals surface area contributed by atoms with Crippen molar-refractivity contribution in [1.82, 2.24) is 4.90 Å². The molecule has 2 N–H and O–H groups in total. The van der Waals surface area contributed by atoms with E-state index in [1.807, 2.05) is 0 Å². The number of hydrogen-bond acceptors (Lipinski definition) is 4. The number of carbonyl (C=O) groups is 2. The van der Waals surface area contributed by atoms with Gasteiger partial charge in [-0.3, -0.25) is 14.5 Å². The van der Waals surface area contributed by atoms with E-state index in [2.05, 4.69) is 0 Å². The average Bonchev–Trinajstić information content (AvgIpc) is 2.33. The molecule has 0 spiro atoms. The summed E-state index contributed by atoms with van der Waals surface area (Å²) in [6.07, 6.45) is 5.65. The standard InChI is InChI=1S/C14H21NO4/c16-7-15(8-17)12(13(18)19)14-4-9-1-10(5-14)3-11(2-9)6-14/h7-13,18-19H,1-6H2/t9?,10?,11?,12-,14?/m0/s1. The monoisotopic (exact) mass is 267 g/mol. The van der Waals surface area contributed by atoms with Gasteiger partial charge in [-0.15, -0.1) is 0 Å². The molecule has 0 aliphatic heterocycles. The molecule has 0 aromatic rings. The van der Waals surface area contributed by atoms with Crippen LogP contribution in [0.25, 0.3) is 0 Å². The average molecular weight is 267 g/mol. The molecule has 4 saturated carbocycles. The number of hydrogen-bond donors (Lipinski definition) is 2. The first kappa shape index (κ1) is 13.1. The molecule has 5 heteroatoms. The van der Waals surface area contributed by atoms with Crippen LogP contribution in [0.1, 0.15) is 38.5 Å². The van der Waals surface area contributed by atoms with Gasteiger partial charge in [0.05, 0.1) is 6.04 Å². The molecule has 0 saturated heterocycles. The Morgan fingerprint density at radius 1 is 0.947 bits per heavy atom. The van der Waals surface area contributed by atoms with Gasteiger partial charge in [-0.1, -0.05) is 0 Å². The molecule has 4 bridgehead atoms. The first-order valence-corrected chi connectivity index (χ1v) is 7.12. The van der Waals surface area contributed by atoms with Crippen molar-refractivity contribution in [3.63, 3.8) is 0 Å². The number of imide groups is 1. The van der Waals surface area contributed by atoms with Crippen molar-refractivity contribution in [3.05, 3.63) is 0 Å².